The fourth-order valence-corrected chi connectivity index (χ4v) is 8.06. The number of aliphatic carboxylic acids is 2. The Labute approximate surface area is 268 Å². The molecule has 1 aromatic carbocycles. The SMILES string of the molecule is CCN(CC1(CN2CCN(C(=O)CC3=C(C(=O)O)C(C)(c4c(Cl)cccc4Cl)C(C(=O)O)=CN3C)CC2)CCCC1)C(C)=O. The van der Waals surface area contributed by atoms with Gasteiger partial charge in [0.25, 0.3) is 0 Å². The van der Waals surface area contributed by atoms with E-state index in [0.717, 1.165) is 38.8 Å². The number of carboxylic acid groups (broad SMARTS) is 2. The van der Waals surface area contributed by atoms with E-state index in [2.05, 4.69) is 4.90 Å². The Balaban J connectivity index is 1.55. The van der Waals surface area contributed by atoms with E-state index in [0.29, 0.717) is 32.7 Å². The van der Waals surface area contributed by atoms with Crippen molar-refractivity contribution < 1.29 is 29.4 Å². The lowest BCUT2D eigenvalue weighted by atomic mass is 9.67. The molecule has 2 N–H and O–H groups in total. The Hall–Kier alpha value is -3.08. The van der Waals surface area contributed by atoms with Crippen LogP contribution in [-0.2, 0) is 24.6 Å². The Morgan fingerprint density at radius 3 is 2.07 bits per heavy atom. The van der Waals surface area contributed by atoms with Crippen LogP contribution in [0.5, 0.6) is 0 Å². The predicted molar refractivity (Wildman–Crippen MR) is 168 cm³/mol. The lowest BCUT2D eigenvalue weighted by Gasteiger charge is -2.43. The molecule has 44 heavy (non-hydrogen) atoms. The number of piperazine rings is 1. The standard InChI is InChI=1S/C32H42Cl2N4O6/c1-5-37(21(2)39)20-32(11-6-7-12-32)19-36-13-15-38(16-14-36)26(40)17-25-28(30(43)44)31(3,22(29(41)42)18-35(25)4)27-23(33)9-8-10-24(27)34/h8-10,18H,5-7,11-17,19-20H2,1-4H3,(H,41,42)(H,43,44). The number of hydrogen-bond acceptors (Lipinski definition) is 6. The number of nitrogens with zero attached hydrogens (tertiary/aromatic N) is 4. The van der Waals surface area contributed by atoms with E-state index in [4.69, 9.17) is 23.2 Å². The third-order valence-electron chi connectivity index (χ3n) is 9.60. The molecule has 1 unspecified atom stereocenters. The van der Waals surface area contributed by atoms with E-state index in [-0.39, 0.29) is 56.1 Å². The van der Waals surface area contributed by atoms with Crippen LogP contribution in [0.2, 0.25) is 10.0 Å². The van der Waals surface area contributed by atoms with E-state index >= 15 is 0 Å². The lowest BCUT2D eigenvalue weighted by molar-refractivity contribution is -0.135. The van der Waals surface area contributed by atoms with Crippen molar-refractivity contribution in [1.82, 2.24) is 19.6 Å². The average molecular weight is 650 g/mol. The number of benzene rings is 1. The molecule has 2 amide bonds. The molecule has 4 rings (SSSR count). The molecule has 12 heteroatoms. The van der Waals surface area contributed by atoms with Crippen molar-refractivity contribution in [3.8, 4) is 0 Å². The van der Waals surface area contributed by atoms with Crippen LogP contribution in [-0.4, -0.2) is 106 Å². The van der Waals surface area contributed by atoms with Crippen LogP contribution in [0.3, 0.4) is 0 Å². The van der Waals surface area contributed by atoms with Crippen molar-refractivity contribution in [1.29, 1.82) is 0 Å². The molecule has 1 atom stereocenters. The highest BCUT2D eigenvalue weighted by molar-refractivity contribution is 6.36. The van der Waals surface area contributed by atoms with Crippen LogP contribution >= 0.6 is 23.2 Å². The van der Waals surface area contributed by atoms with Crippen LogP contribution in [0.25, 0.3) is 0 Å². The van der Waals surface area contributed by atoms with E-state index in [1.54, 1.807) is 24.9 Å². The molecule has 0 spiro atoms. The van der Waals surface area contributed by atoms with Gasteiger partial charge in [-0.1, -0.05) is 42.1 Å². The highest BCUT2D eigenvalue weighted by Crippen LogP contribution is 2.49. The summed E-state index contributed by atoms with van der Waals surface area (Å²) in [5, 5.41) is 20.9. The summed E-state index contributed by atoms with van der Waals surface area (Å²) < 4.78 is 0. The minimum absolute atomic E-state index is 0.0541. The molecule has 1 aromatic rings. The van der Waals surface area contributed by atoms with Gasteiger partial charge in [0.2, 0.25) is 11.8 Å². The quantitative estimate of drug-likeness (QED) is 0.381. The number of halogens is 2. The van der Waals surface area contributed by atoms with Crippen LogP contribution in [0, 0.1) is 5.41 Å². The molecule has 3 aliphatic rings. The maximum atomic E-state index is 13.7. The summed E-state index contributed by atoms with van der Waals surface area (Å²) >= 11 is 13.0. The number of rotatable bonds is 10. The summed E-state index contributed by atoms with van der Waals surface area (Å²) in [6, 6.07) is 4.67. The van der Waals surface area contributed by atoms with Crippen LogP contribution in [0.1, 0.15) is 58.4 Å². The van der Waals surface area contributed by atoms with Gasteiger partial charge in [-0.2, -0.15) is 0 Å². The second-order valence-corrected chi connectivity index (χ2v) is 13.2. The number of carboxylic acids is 2. The van der Waals surface area contributed by atoms with Gasteiger partial charge in [-0.3, -0.25) is 14.5 Å². The van der Waals surface area contributed by atoms with Gasteiger partial charge in [0.1, 0.15) is 0 Å². The first-order valence-corrected chi connectivity index (χ1v) is 15.8. The summed E-state index contributed by atoms with van der Waals surface area (Å²) in [4.78, 5) is 58.6. The summed E-state index contributed by atoms with van der Waals surface area (Å²) in [5.41, 5.74) is -1.80. The van der Waals surface area contributed by atoms with Gasteiger partial charge in [0.05, 0.1) is 23.0 Å². The number of amides is 2. The second kappa shape index (κ2) is 13.5. The molecular formula is C32H42Cl2N4O6. The Morgan fingerprint density at radius 1 is 0.977 bits per heavy atom. The summed E-state index contributed by atoms with van der Waals surface area (Å²) in [7, 11) is 1.54. The molecule has 1 saturated carbocycles. The average Bonchev–Trinajstić information content (AvgIpc) is 3.41. The second-order valence-electron chi connectivity index (χ2n) is 12.4. The van der Waals surface area contributed by atoms with E-state index < -0.39 is 17.4 Å². The minimum atomic E-state index is -1.73. The monoisotopic (exact) mass is 648 g/mol. The van der Waals surface area contributed by atoms with Crippen molar-refractivity contribution in [3.05, 3.63) is 56.9 Å². The van der Waals surface area contributed by atoms with E-state index in [1.807, 2.05) is 11.8 Å². The van der Waals surface area contributed by atoms with Gasteiger partial charge in [-0.25, -0.2) is 9.59 Å². The first kappa shape index (κ1) is 33.8. The fraction of sp³-hybridized carbons (Fsp3) is 0.562. The van der Waals surface area contributed by atoms with Crippen molar-refractivity contribution in [2.75, 3.05) is 52.9 Å². The summed E-state index contributed by atoms with van der Waals surface area (Å²) in [6.07, 6.45) is 5.57. The zero-order valence-electron chi connectivity index (χ0n) is 25.9. The van der Waals surface area contributed by atoms with Gasteiger partial charge < -0.3 is 24.9 Å². The van der Waals surface area contributed by atoms with Gasteiger partial charge >= 0.3 is 11.9 Å². The smallest absolute Gasteiger partial charge is 0.334 e. The van der Waals surface area contributed by atoms with Crippen molar-refractivity contribution in [3.63, 3.8) is 0 Å². The highest BCUT2D eigenvalue weighted by atomic mass is 35.5. The fourth-order valence-electron chi connectivity index (χ4n) is 7.28. The summed E-state index contributed by atoms with van der Waals surface area (Å²) in [5.74, 6) is -2.83. The molecule has 2 fully saturated rings. The molecule has 2 aliphatic heterocycles. The van der Waals surface area contributed by atoms with Crippen LogP contribution < -0.4 is 0 Å². The zero-order valence-corrected chi connectivity index (χ0v) is 27.4. The van der Waals surface area contributed by atoms with Crippen LogP contribution in [0.4, 0.5) is 0 Å². The highest BCUT2D eigenvalue weighted by Gasteiger charge is 2.49. The molecule has 240 valence electrons. The van der Waals surface area contributed by atoms with Crippen molar-refractivity contribution >= 4 is 47.0 Å². The molecule has 1 saturated heterocycles. The van der Waals surface area contributed by atoms with Gasteiger partial charge in [0, 0.05) is 92.7 Å². The third-order valence-corrected chi connectivity index (χ3v) is 10.2. The molecule has 0 bridgehead atoms. The predicted octanol–water partition coefficient (Wildman–Crippen LogP) is 4.47. The van der Waals surface area contributed by atoms with E-state index in [1.165, 1.54) is 30.2 Å². The molecule has 2 heterocycles. The number of carbonyl (C=O) groups is 4. The zero-order chi connectivity index (χ0) is 32.4. The largest absolute Gasteiger partial charge is 0.478 e. The maximum absolute atomic E-state index is 13.7. The van der Waals surface area contributed by atoms with Crippen LogP contribution in [0.15, 0.2) is 41.2 Å². The maximum Gasteiger partial charge on any atom is 0.334 e. The Bertz CT molecular complexity index is 1360. The van der Waals surface area contributed by atoms with Gasteiger partial charge in [-0.15, -0.1) is 0 Å². The molecule has 10 nitrogen and oxygen atoms in total. The van der Waals surface area contributed by atoms with Crippen molar-refractivity contribution in [2.24, 2.45) is 5.41 Å². The molecular weight excluding hydrogens is 607 g/mol. The van der Waals surface area contributed by atoms with Gasteiger partial charge in [-0.05, 0) is 38.8 Å². The minimum Gasteiger partial charge on any atom is -0.478 e. The van der Waals surface area contributed by atoms with E-state index in [9.17, 15) is 29.4 Å². The lowest BCUT2D eigenvalue weighted by Crippen LogP contribution is -2.53. The normalized spacial score (nSPS) is 22.2. The number of hydrogen-bond donors (Lipinski definition) is 2. The first-order valence-electron chi connectivity index (χ1n) is 15.1. The number of carbonyl (C=O) groups excluding carboxylic acids is 2. The Kier molecular flexibility index (Phi) is 10.4. The third kappa shape index (κ3) is 6.62. The van der Waals surface area contributed by atoms with Gasteiger partial charge in [0.15, 0.2) is 0 Å². The first-order chi connectivity index (χ1) is 20.7. The summed E-state index contributed by atoms with van der Waals surface area (Å²) in [6.45, 7) is 9.74. The molecule has 0 radical (unpaired) electrons. The Morgan fingerprint density at radius 2 is 1.57 bits per heavy atom. The molecule has 1 aliphatic carbocycles. The topological polar surface area (TPSA) is 122 Å². The molecule has 0 aromatic heterocycles. The van der Waals surface area contributed by atoms with Crippen molar-refractivity contribution in [2.45, 2.75) is 58.3 Å².